The number of aliphatic hydroxyl groups is 3. The van der Waals surface area contributed by atoms with Crippen LogP contribution in [-0.2, 0) is 32.5 Å². The second kappa shape index (κ2) is 66.1. The quantitative estimate of drug-likeness (QED) is 0.0225. The smallest absolute Gasteiger partial charge is 0.475 e. The molecule has 3 atom stereocenters. The van der Waals surface area contributed by atoms with Crippen molar-refractivity contribution in [2.24, 2.45) is 0 Å². The van der Waals surface area contributed by atoms with Gasteiger partial charge >= 0.3 is 7.82 Å². The van der Waals surface area contributed by atoms with Crippen LogP contribution in [0.15, 0.2) is 0 Å². The number of aliphatic hydroxyl groups excluding tert-OH is 3. The number of carbonyl (C=O) groups excluding carboxylic acids is 3. The molecule has 0 aromatic carbocycles. The highest BCUT2D eigenvalue weighted by atomic mass is 35.5. The fourth-order valence-corrected chi connectivity index (χ4v) is 13.5. The zero-order chi connectivity index (χ0) is 66.0. The van der Waals surface area contributed by atoms with E-state index in [2.05, 4.69) is 36.7 Å². The number of nitrogens with one attached hydrogen (secondary N) is 3. The summed E-state index contributed by atoms with van der Waals surface area (Å²) in [5.41, 5.74) is 0. The van der Waals surface area contributed by atoms with Crippen molar-refractivity contribution in [2.45, 2.75) is 328 Å². The molecular weight excluding hydrogens is 1250 g/mol. The van der Waals surface area contributed by atoms with E-state index in [1.165, 1.54) is 212 Å². The molecule has 0 aromatic rings. The third-order valence-corrected chi connectivity index (χ3v) is 19.1. The third-order valence-electron chi connectivity index (χ3n) is 17.7. The molecule has 0 spiro atoms. The molecule has 0 saturated carbocycles. The van der Waals surface area contributed by atoms with Gasteiger partial charge < -0.3 is 81.9 Å². The number of hydrogen-bond donors (Lipinski definition) is 6. The van der Waals surface area contributed by atoms with Crippen molar-refractivity contribution in [3.63, 3.8) is 0 Å². The highest BCUT2D eigenvalue weighted by Crippen LogP contribution is 2.50. The van der Waals surface area contributed by atoms with Crippen molar-refractivity contribution < 1.29 is 98.5 Å². The first-order chi connectivity index (χ1) is 42.7. The topological polar surface area (TPSA) is 193 Å². The summed E-state index contributed by atoms with van der Waals surface area (Å²) in [4.78, 5) is 37.8. The van der Waals surface area contributed by atoms with Crippen molar-refractivity contribution in [1.29, 1.82) is 0 Å². The Hall–Kier alpha value is -0.850. The summed E-state index contributed by atoms with van der Waals surface area (Å²) < 4.78 is 33.0. The molecule has 0 aliphatic rings. The van der Waals surface area contributed by atoms with Gasteiger partial charge in [0.05, 0.1) is 81.7 Å². The van der Waals surface area contributed by atoms with Gasteiger partial charge in [-0.3, -0.25) is 28.0 Å². The van der Waals surface area contributed by atoms with Crippen molar-refractivity contribution in [1.82, 2.24) is 16.0 Å². The van der Waals surface area contributed by atoms with Crippen LogP contribution in [0, 0.1) is 0 Å². The van der Waals surface area contributed by atoms with Gasteiger partial charge in [-0.25, -0.2) is 4.57 Å². The monoisotopic (exact) mass is 1400 g/mol. The van der Waals surface area contributed by atoms with Gasteiger partial charge in [-0.1, -0.05) is 252 Å². The fourth-order valence-electron chi connectivity index (χ4n) is 12.2. The maximum absolute atomic E-state index is 14.3. The molecule has 6 N–H and O–H groups in total. The Kier molecular flexibility index (Phi) is 70.0. The summed E-state index contributed by atoms with van der Waals surface area (Å²) in [7, 11) is 7.52. The van der Waals surface area contributed by atoms with Crippen LogP contribution in [0.2, 0.25) is 0 Å². The summed E-state index contributed by atoms with van der Waals surface area (Å²) in [6.45, 7) is 10.2. The van der Waals surface area contributed by atoms with Gasteiger partial charge in [-0.2, -0.15) is 0 Å². The number of likely N-dealkylation sites (N-methyl/N-ethyl adjacent to an activating group) is 3. The van der Waals surface area contributed by atoms with Gasteiger partial charge in [0.25, 0.3) is 0 Å². The number of amides is 3. The number of hydrogen-bond acceptors (Lipinski definition) is 10. The first kappa shape index (κ1) is 97.5. The van der Waals surface area contributed by atoms with Gasteiger partial charge in [-0.05, 0) is 19.3 Å². The number of nitrogens with zero attached hydrogens (tertiary/aromatic N) is 3. The van der Waals surface area contributed by atoms with E-state index in [4.69, 9.17) is 13.6 Å². The van der Waals surface area contributed by atoms with E-state index in [0.717, 1.165) is 57.8 Å². The van der Waals surface area contributed by atoms with Crippen molar-refractivity contribution in [3.05, 3.63) is 0 Å². The van der Waals surface area contributed by atoms with E-state index in [1.54, 1.807) is 0 Å². The van der Waals surface area contributed by atoms with Gasteiger partial charge in [0.1, 0.15) is 37.9 Å². The van der Waals surface area contributed by atoms with E-state index < -0.39 is 26.1 Å². The number of phosphoric acid groups is 1. The predicted molar refractivity (Wildman–Crippen MR) is 373 cm³/mol. The van der Waals surface area contributed by atoms with Crippen LogP contribution < -0.4 is 53.2 Å². The van der Waals surface area contributed by atoms with Crippen molar-refractivity contribution in [3.8, 4) is 0 Å². The van der Waals surface area contributed by atoms with Gasteiger partial charge in [-0.15, -0.1) is 0 Å². The molecule has 0 aromatic heterocycles. The lowest BCUT2D eigenvalue weighted by Crippen LogP contribution is -3.00. The number of unbranched alkanes of at least 4 members (excludes halogenated alkanes) is 36. The Morgan fingerprint density at radius 2 is 0.489 bits per heavy atom. The van der Waals surface area contributed by atoms with E-state index >= 15 is 0 Å². The molecule has 16 nitrogen and oxygen atoms in total. The summed E-state index contributed by atoms with van der Waals surface area (Å²) in [5, 5.41) is 42.9. The minimum absolute atomic E-state index is 0. The van der Waals surface area contributed by atoms with Crippen molar-refractivity contribution in [2.75, 3.05) is 121 Å². The third kappa shape index (κ3) is 67.7. The predicted octanol–water partition coefficient (Wildman–Crippen LogP) is 6.43. The molecule has 3 amide bonds. The zero-order valence-corrected chi connectivity index (χ0v) is 64.3. The summed E-state index contributed by atoms with van der Waals surface area (Å²) in [5.74, 6) is 0.234. The largest absolute Gasteiger partial charge is 1.00 e. The first-order valence-corrected chi connectivity index (χ1v) is 39.0. The fraction of sp³-hybridized carbons (Fsp3) is 0.958. The van der Waals surface area contributed by atoms with Crippen LogP contribution in [0.25, 0.3) is 0 Å². The minimum atomic E-state index is -4.41. The van der Waals surface area contributed by atoms with E-state index in [0.29, 0.717) is 72.0 Å². The second-order valence-electron chi connectivity index (χ2n) is 28.9. The van der Waals surface area contributed by atoms with Crippen LogP contribution in [0.5, 0.6) is 0 Å². The molecule has 0 fully saturated rings. The van der Waals surface area contributed by atoms with Crippen LogP contribution in [-0.4, -0.2) is 186 Å². The molecule has 3 unspecified atom stereocenters. The average Bonchev–Trinajstić information content (AvgIpc) is 1.28. The van der Waals surface area contributed by atoms with Crippen molar-refractivity contribution >= 4 is 25.5 Å². The first-order valence-electron chi connectivity index (χ1n) is 37.5. The average molecular weight is 1400 g/mol. The molecule has 0 rings (SSSR count). The zero-order valence-electron chi connectivity index (χ0n) is 61.2. The molecule has 0 aliphatic carbocycles. The summed E-state index contributed by atoms with van der Waals surface area (Å²) in [6, 6.07) is 0. The molecule has 0 heterocycles. The molecule has 0 aliphatic heterocycles. The standard InChI is InChI=1S/C72H147N6O10P.3ClH/c1-10-13-16-19-22-25-28-31-34-37-40-43-46-52-70(82)73-55-49-58-76(4,5)61-67(79)64-86-89(85,87-65-68(80)62-77(6,7)59-50-56-74-71(83)53-47-44-41-38-35-32-29-26-23-20-17-14-11-2)88-66-69(81)63-78(8,9)60-51-57-75-72(84)54-48-45-42-39-36-33-30-27-24-21-18-15-12-3;;;/h67-69,79-81H,10-66H2,1-9H3;3*1H. The second-order valence-corrected chi connectivity index (χ2v) is 30.6. The number of carbonyl (C=O) groups is 3. The van der Waals surface area contributed by atoms with Gasteiger partial charge in [0.2, 0.25) is 17.7 Å². The Balaban J connectivity index is -0.0000129. The van der Waals surface area contributed by atoms with Crippen LogP contribution in [0.1, 0.15) is 310 Å². The highest BCUT2D eigenvalue weighted by Gasteiger charge is 2.34. The number of rotatable bonds is 69. The molecular formula is C72H150Cl3N6O10P. The van der Waals surface area contributed by atoms with Crippen LogP contribution in [0.3, 0.4) is 0 Å². The Labute approximate surface area is 585 Å². The number of halogens is 3. The summed E-state index contributed by atoms with van der Waals surface area (Å²) >= 11 is 0. The molecule has 92 heavy (non-hydrogen) atoms. The Bertz CT molecular complexity index is 1510. The lowest BCUT2D eigenvalue weighted by Gasteiger charge is -2.33. The van der Waals surface area contributed by atoms with E-state index in [9.17, 15) is 34.3 Å². The summed E-state index contributed by atoms with van der Waals surface area (Å²) in [6.07, 6.45) is 50.2. The maximum atomic E-state index is 14.3. The SMILES string of the molecule is CCCCCCCCCCCCCCCC(=O)NCCC[N+](C)(C)CC(O)COP(=O)(OCC(O)C[N+](C)(C)CCCNC(=O)CCCCCCCCCCCCCCC)OCC(O)C[N+](C)(C)CCCNC(=O)CCCCCCCCCCCCCCC.[Cl-].[Cl-].[Cl-]. The minimum Gasteiger partial charge on any atom is -1.00 e. The van der Waals surface area contributed by atoms with Gasteiger partial charge in [0, 0.05) is 58.2 Å². The Morgan fingerprint density at radius 3 is 0.674 bits per heavy atom. The number of quaternary nitrogens is 3. The molecule has 20 heteroatoms. The highest BCUT2D eigenvalue weighted by molar-refractivity contribution is 7.48. The van der Waals surface area contributed by atoms with Gasteiger partial charge in [0.15, 0.2) is 0 Å². The van der Waals surface area contributed by atoms with Crippen LogP contribution >= 0.6 is 7.82 Å². The molecule has 554 valence electrons. The lowest BCUT2D eigenvalue weighted by molar-refractivity contribution is -0.893. The molecule has 0 saturated heterocycles. The maximum Gasteiger partial charge on any atom is 0.475 e. The Morgan fingerprint density at radius 1 is 0.315 bits per heavy atom. The molecule has 0 radical (unpaired) electrons. The molecule has 0 bridgehead atoms. The normalized spacial score (nSPS) is 13.5. The van der Waals surface area contributed by atoms with Crippen LogP contribution in [0.4, 0.5) is 0 Å². The van der Waals surface area contributed by atoms with E-state index in [-0.39, 0.29) is 94.4 Å². The lowest BCUT2D eigenvalue weighted by atomic mass is 10.0. The van der Waals surface area contributed by atoms with E-state index in [1.807, 2.05) is 42.3 Å². The number of phosphoric ester groups is 1.